The van der Waals surface area contributed by atoms with Crippen LogP contribution < -0.4 is 28.4 Å². The van der Waals surface area contributed by atoms with Crippen molar-refractivity contribution in [1.82, 2.24) is 0 Å². The first-order valence-electron chi connectivity index (χ1n) is 46.3. The molecular formula is C102H144O18. The van der Waals surface area contributed by atoms with Crippen LogP contribution in [0, 0.1) is 0 Å². The summed E-state index contributed by atoms with van der Waals surface area (Å²) in [6, 6.07) is 33.2. The average molecular weight is 1660 g/mol. The highest BCUT2D eigenvalue weighted by Crippen LogP contribution is 2.57. The average Bonchev–Trinajstić information content (AvgIpc) is 0.657. The fourth-order valence-corrected chi connectivity index (χ4v) is 15.7. The summed E-state index contributed by atoms with van der Waals surface area (Å²) >= 11 is 0. The highest BCUT2D eigenvalue weighted by molar-refractivity contribution is 6.21. The predicted octanol–water partition coefficient (Wildman–Crippen LogP) is 24.3. The molecule has 1 aliphatic carbocycles. The standard InChI is InChI=1S/C102H144O18/c1-7-13-19-25-31-37-43-73-112-85-61-49-79(50-62-85)92(104)100(118-97(109)82-55-67-88(68-56-82)115-76-46-40-34-28-22-16-10-4)95(107)91(103)96(108)101(93(105)80-51-63-86(64-52-80)113-74-44-38-32-26-20-14-8-2,119-98(110)83-57-69-89(70-58-83)116-77-47-41-35-29-23-17-11-5)102(100,94(106)81-53-65-87(66-54-81)114-75-45-39-33-27-21-15-9-3)120-99(111)84-59-71-90(72-60-84)117-78-48-42-36-30-24-18-12-6/h49-72,91,95-96,103,107-108H,7-48,73-78H2,1-6H3/t91?,95-,96+,100+,101-,102?. The van der Waals surface area contributed by atoms with Crippen molar-refractivity contribution >= 4 is 35.3 Å². The largest absolute Gasteiger partial charge is 0.494 e. The zero-order valence-corrected chi connectivity index (χ0v) is 73.5. The molecule has 2 unspecified atom stereocenters. The Morgan fingerprint density at radius 2 is 0.392 bits per heavy atom. The van der Waals surface area contributed by atoms with Crippen LogP contribution in [0.2, 0.25) is 0 Å². The van der Waals surface area contributed by atoms with E-state index < -0.39 is 87.1 Å². The molecule has 6 atom stereocenters. The molecule has 0 heterocycles. The van der Waals surface area contributed by atoms with Gasteiger partial charge in [-0.25, -0.2) is 14.4 Å². The molecule has 3 N–H and O–H groups in total. The van der Waals surface area contributed by atoms with Crippen LogP contribution in [0.4, 0.5) is 0 Å². The molecule has 6 aromatic carbocycles. The van der Waals surface area contributed by atoms with Crippen molar-refractivity contribution in [1.29, 1.82) is 0 Å². The Labute approximate surface area is 717 Å². The van der Waals surface area contributed by atoms with Gasteiger partial charge < -0.3 is 58.0 Å². The second-order valence-electron chi connectivity index (χ2n) is 32.7. The van der Waals surface area contributed by atoms with E-state index in [4.69, 9.17) is 42.6 Å². The molecule has 660 valence electrons. The van der Waals surface area contributed by atoms with Gasteiger partial charge in [-0.1, -0.05) is 273 Å². The third kappa shape index (κ3) is 30.2. The van der Waals surface area contributed by atoms with Gasteiger partial charge >= 0.3 is 17.9 Å². The molecule has 0 saturated heterocycles. The molecule has 1 saturated carbocycles. The Morgan fingerprint density at radius 1 is 0.225 bits per heavy atom. The maximum absolute atomic E-state index is 18.0. The van der Waals surface area contributed by atoms with E-state index in [0.717, 1.165) is 238 Å². The molecule has 7 rings (SSSR count). The third-order valence-corrected chi connectivity index (χ3v) is 23.0. The number of benzene rings is 6. The summed E-state index contributed by atoms with van der Waals surface area (Å²) in [7, 11) is 0. The lowest BCUT2D eigenvalue weighted by Gasteiger charge is -2.60. The molecule has 6 aromatic rings. The van der Waals surface area contributed by atoms with Crippen molar-refractivity contribution in [2.24, 2.45) is 0 Å². The lowest BCUT2D eigenvalue weighted by molar-refractivity contribution is -0.293. The number of rotatable bonds is 66. The number of carbonyl (C=O) groups is 6. The van der Waals surface area contributed by atoms with E-state index in [2.05, 4.69) is 41.5 Å². The second-order valence-corrected chi connectivity index (χ2v) is 32.7. The van der Waals surface area contributed by atoms with Crippen molar-refractivity contribution in [3.8, 4) is 34.5 Å². The van der Waals surface area contributed by atoms with Gasteiger partial charge in [0.1, 0.15) is 52.8 Å². The maximum atomic E-state index is 18.0. The first-order valence-corrected chi connectivity index (χ1v) is 46.3. The summed E-state index contributed by atoms with van der Waals surface area (Å²) in [5.41, 5.74) is -14.7. The van der Waals surface area contributed by atoms with E-state index in [1.807, 2.05) is 0 Å². The van der Waals surface area contributed by atoms with Gasteiger partial charge in [-0.3, -0.25) is 14.4 Å². The van der Waals surface area contributed by atoms with Crippen LogP contribution in [0.5, 0.6) is 34.5 Å². The number of unbranched alkanes of at least 4 members (excludes halogenated alkanes) is 36. The molecular weight excluding hydrogens is 1510 g/mol. The number of ether oxygens (including phenoxy) is 9. The highest BCUT2D eigenvalue weighted by atomic mass is 16.7. The minimum atomic E-state index is -4.21. The number of Topliss-reactive ketones (excluding diaryl/α,β-unsaturated/α-hetero) is 3. The lowest BCUT2D eigenvalue weighted by Crippen LogP contribution is -2.91. The summed E-state index contributed by atoms with van der Waals surface area (Å²) in [4.78, 5) is 102. The zero-order valence-electron chi connectivity index (χ0n) is 73.5. The Bertz CT molecular complexity index is 3670. The molecule has 0 radical (unpaired) electrons. The van der Waals surface area contributed by atoms with Crippen molar-refractivity contribution in [3.63, 3.8) is 0 Å². The number of hydrogen-bond acceptors (Lipinski definition) is 18. The van der Waals surface area contributed by atoms with Crippen LogP contribution in [0.1, 0.15) is 373 Å². The smallest absolute Gasteiger partial charge is 0.339 e. The predicted molar refractivity (Wildman–Crippen MR) is 475 cm³/mol. The maximum Gasteiger partial charge on any atom is 0.339 e. The molecule has 0 aliphatic heterocycles. The molecule has 120 heavy (non-hydrogen) atoms. The second kappa shape index (κ2) is 56.2. The molecule has 1 aliphatic rings. The number of carbonyl (C=O) groups excluding carboxylic acids is 6. The van der Waals surface area contributed by atoms with Gasteiger partial charge in [-0.05, 0) is 184 Å². The van der Waals surface area contributed by atoms with Crippen LogP contribution >= 0.6 is 0 Å². The van der Waals surface area contributed by atoms with Crippen LogP contribution in [-0.2, 0) is 14.2 Å². The minimum Gasteiger partial charge on any atom is -0.494 e. The Hall–Kier alpha value is -8.58. The summed E-state index contributed by atoms with van der Waals surface area (Å²) in [6.45, 7) is 14.9. The number of aliphatic hydroxyl groups is 3. The molecule has 18 heteroatoms. The van der Waals surface area contributed by atoms with Crippen molar-refractivity contribution < 1.29 is 86.7 Å². The Morgan fingerprint density at radius 3 is 0.592 bits per heavy atom. The van der Waals surface area contributed by atoms with E-state index in [-0.39, 0.29) is 40.5 Å². The quantitative estimate of drug-likeness (QED) is 0.0139. The lowest BCUT2D eigenvalue weighted by atomic mass is 9.52. The first-order chi connectivity index (χ1) is 58.6. The zero-order chi connectivity index (χ0) is 85.9. The molecule has 1 fully saturated rings. The summed E-state index contributed by atoms with van der Waals surface area (Å²) < 4.78 is 58.0. The number of hydrogen-bond donors (Lipinski definition) is 3. The van der Waals surface area contributed by atoms with Gasteiger partial charge in [0.15, 0.2) is 0 Å². The van der Waals surface area contributed by atoms with E-state index in [9.17, 15) is 15.3 Å². The Balaban J connectivity index is 1.51. The summed E-state index contributed by atoms with van der Waals surface area (Å²) in [5.74, 6) is -7.32. The van der Waals surface area contributed by atoms with Gasteiger partial charge in [0.2, 0.25) is 17.3 Å². The molecule has 0 aromatic heterocycles. The number of aliphatic hydroxyl groups excluding tert-OH is 3. The van der Waals surface area contributed by atoms with E-state index >= 15 is 28.8 Å². The van der Waals surface area contributed by atoms with Gasteiger partial charge in [-0.2, -0.15) is 0 Å². The first kappa shape index (κ1) is 98.5. The molecule has 0 amide bonds. The molecule has 0 spiro atoms. The van der Waals surface area contributed by atoms with Gasteiger partial charge in [0.05, 0.1) is 56.3 Å². The molecule has 0 bridgehead atoms. The summed E-state index contributed by atoms with van der Waals surface area (Å²) in [6.07, 6.45) is 34.0. The fraction of sp³-hybridized carbons (Fsp3) is 0.588. The molecule has 18 nitrogen and oxygen atoms in total. The van der Waals surface area contributed by atoms with Crippen molar-refractivity contribution in [3.05, 3.63) is 179 Å². The summed E-state index contributed by atoms with van der Waals surface area (Å²) in [5, 5.41) is 41.2. The number of ketones is 3. The van der Waals surface area contributed by atoms with Crippen LogP contribution in [-0.4, -0.2) is 125 Å². The normalized spacial score (nSPS) is 17.5. The van der Waals surface area contributed by atoms with Crippen LogP contribution in [0.25, 0.3) is 0 Å². The monoisotopic (exact) mass is 1660 g/mol. The SMILES string of the molecule is CCCCCCCCCOc1ccc(C(=O)OC2(C(=O)c3ccc(OCCCCCCCCC)cc3)[C@@](OC(=O)c3ccc(OCCCCCCCCC)cc3)(C(=O)c3ccc(OCCCCCCCCC)cc3)[C@@H](O)C(O)[C@@H](O)[C@@]2(OC(=O)c2ccc(OCCCCCCCCC)cc2)C(=O)c2ccc(OCCCCCCCCC)cc2)cc1. The van der Waals surface area contributed by atoms with Crippen molar-refractivity contribution in [2.75, 3.05) is 39.6 Å². The highest BCUT2D eigenvalue weighted by Gasteiger charge is 2.88. The third-order valence-electron chi connectivity index (χ3n) is 23.0. The van der Waals surface area contributed by atoms with Gasteiger partial charge in [0, 0.05) is 16.7 Å². The fourth-order valence-electron chi connectivity index (χ4n) is 15.7. The van der Waals surface area contributed by atoms with Gasteiger partial charge in [0.25, 0.3) is 16.8 Å². The van der Waals surface area contributed by atoms with Crippen LogP contribution in [0.3, 0.4) is 0 Å². The van der Waals surface area contributed by atoms with Gasteiger partial charge in [-0.15, -0.1) is 0 Å². The van der Waals surface area contributed by atoms with E-state index in [1.165, 1.54) is 158 Å². The Kier molecular flexibility index (Phi) is 46.1. The topological polar surface area (TPSA) is 246 Å². The van der Waals surface area contributed by atoms with Crippen LogP contribution in [0.15, 0.2) is 146 Å². The van der Waals surface area contributed by atoms with Crippen molar-refractivity contribution in [2.45, 2.75) is 346 Å². The number of esters is 3. The minimum absolute atomic E-state index is 0.271. The van der Waals surface area contributed by atoms with E-state index in [0.29, 0.717) is 69.5 Å². The van der Waals surface area contributed by atoms with E-state index in [1.54, 1.807) is 0 Å².